The molecule has 0 bridgehead atoms. The fourth-order valence-electron chi connectivity index (χ4n) is 2.37. The lowest BCUT2D eigenvalue weighted by atomic mass is 9.96. The van der Waals surface area contributed by atoms with Gasteiger partial charge in [-0.05, 0) is 6.42 Å². The first-order chi connectivity index (χ1) is 12.5. The molecule has 0 spiro atoms. The highest BCUT2D eigenvalue weighted by Crippen LogP contribution is 2.20. The minimum atomic E-state index is -4.34. The van der Waals surface area contributed by atoms with Crippen LogP contribution in [0.4, 0.5) is 13.2 Å². The van der Waals surface area contributed by atoms with Crippen LogP contribution in [0.15, 0.2) is 16.9 Å². The lowest BCUT2D eigenvalue weighted by molar-refractivity contribution is -0.141. The Labute approximate surface area is 155 Å². The number of aryl methyl sites for hydroxylation is 1. The molecule has 0 N–H and O–H groups in total. The quantitative estimate of drug-likeness (QED) is 0.730. The molecule has 0 aliphatic heterocycles. The van der Waals surface area contributed by atoms with Crippen LogP contribution in [0.1, 0.15) is 51.2 Å². The van der Waals surface area contributed by atoms with E-state index in [0.717, 1.165) is 4.57 Å². The fraction of sp³-hybridized carbons (Fsp3) is 0.647. The number of rotatable bonds is 7. The van der Waals surface area contributed by atoms with Crippen LogP contribution in [0.3, 0.4) is 0 Å². The monoisotopic (exact) mass is 387 g/mol. The minimum Gasteiger partial charge on any atom is -0.339 e. The third-order valence-corrected chi connectivity index (χ3v) is 3.88. The largest absolute Gasteiger partial charge is 0.406 e. The molecule has 0 aromatic carbocycles. The summed E-state index contributed by atoms with van der Waals surface area (Å²) in [6.45, 7) is 4.81. The molecule has 1 amide bonds. The summed E-state index contributed by atoms with van der Waals surface area (Å²) in [5, 5.41) is 3.92. The smallest absolute Gasteiger partial charge is 0.339 e. The Kier molecular flexibility index (Phi) is 6.27. The minimum absolute atomic E-state index is 0.0106. The first-order valence-corrected chi connectivity index (χ1v) is 8.59. The highest BCUT2D eigenvalue weighted by molar-refractivity contribution is 5.75. The molecule has 0 unspecified atom stereocenters. The summed E-state index contributed by atoms with van der Waals surface area (Å²) >= 11 is 0. The number of hydrogen-bond acceptors (Lipinski definition) is 5. The van der Waals surface area contributed by atoms with Gasteiger partial charge in [-0.3, -0.25) is 4.79 Å². The van der Waals surface area contributed by atoms with Crippen LogP contribution in [0, 0.1) is 0 Å². The van der Waals surface area contributed by atoms with E-state index >= 15 is 0 Å². The molecule has 2 heterocycles. The molecule has 0 radical (unpaired) electrons. The predicted octanol–water partition coefficient (Wildman–Crippen LogP) is 3.11. The zero-order valence-electron chi connectivity index (χ0n) is 15.9. The van der Waals surface area contributed by atoms with E-state index in [-0.39, 0.29) is 30.1 Å². The van der Waals surface area contributed by atoms with Gasteiger partial charge in [0.15, 0.2) is 5.82 Å². The second-order valence-corrected chi connectivity index (χ2v) is 7.45. The normalized spacial score (nSPS) is 12.4. The molecule has 0 aliphatic rings. The van der Waals surface area contributed by atoms with Crippen molar-refractivity contribution in [2.24, 2.45) is 0 Å². The standard InChI is InChI=1S/C17H24F3N5O2/c1-16(2,3)15-22-13(27-23-15)6-5-7-14(26)24(4)10-12-21-8-9-25(12)11-17(18,19)20/h8-9H,5-7,10-11H2,1-4H3. The van der Waals surface area contributed by atoms with Crippen LogP contribution in [0.25, 0.3) is 0 Å². The van der Waals surface area contributed by atoms with Crippen LogP contribution in [0.5, 0.6) is 0 Å². The van der Waals surface area contributed by atoms with Gasteiger partial charge < -0.3 is 14.0 Å². The van der Waals surface area contributed by atoms with Crippen molar-refractivity contribution in [3.63, 3.8) is 0 Å². The van der Waals surface area contributed by atoms with Crippen molar-refractivity contribution < 1.29 is 22.5 Å². The SMILES string of the molecule is CN(Cc1nccn1CC(F)(F)F)C(=O)CCCc1nc(C(C)(C)C)no1. The van der Waals surface area contributed by atoms with Crippen LogP contribution in [0.2, 0.25) is 0 Å². The number of imidazole rings is 1. The van der Waals surface area contributed by atoms with E-state index in [2.05, 4.69) is 15.1 Å². The molecular weight excluding hydrogens is 363 g/mol. The van der Waals surface area contributed by atoms with Crippen molar-refractivity contribution in [2.45, 2.75) is 64.7 Å². The average molecular weight is 387 g/mol. The van der Waals surface area contributed by atoms with E-state index in [4.69, 9.17) is 4.52 Å². The zero-order chi connectivity index (χ0) is 20.2. The fourth-order valence-corrected chi connectivity index (χ4v) is 2.37. The maximum atomic E-state index is 12.5. The summed E-state index contributed by atoms with van der Waals surface area (Å²) in [6, 6.07) is 0. The summed E-state index contributed by atoms with van der Waals surface area (Å²) in [4.78, 5) is 21.8. The van der Waals surface area contributed by atoms with Gasteiger partial charge in [-0.2, -0.15) is 18.2 Å². The van der Waals surface area contributed by atoms with Gasteiger partial charge in [0.05, 0.1) is 6.54 Å². The first-order valence-electron chi connectivity index (χ1n) is 8.59. The molecule has 2 rings (SSSR count). The lowest BCUT2D eigenvalue weighted by Crippen LogP contribution is -2.28. The molecule has 10 heteroatoms. The van der Waals surface area contributed by atoms with Crippen molar-refractivity contribution in [3.8, 4) is 0 Å². The molecular formula is C17H24F3N5O2. The molecule has 2 aromatic heterocycles. The maximum Gasteiger partial charge on any atom is 0.406 e. The molecule has 0 atom stereocenters. The number of amides is 1. The molecule has 0 saturated heterocycles. The van der Waals surface area contributed by atoms with Crippen LogP contribution in [-0.4, -0.2) is 43.7 Å². The topological polar surface area (TPSA) is 77.1 Å². The van der Waals surface area contributed by atoms with E-state index in [0.29, 0.717) is 24.6 Å². The number of hydrogen-bond donors (Lipinski definition) is 0. The second-order valence-electron chi connectivity index (χ2n) is 7.45. The average Bonchev–Trinajstić information content (AvgIpc) is 3.15. The number of nitrogens with zero attached hydrogens (tertiary/aromatic N) is 5. The number of carbonyl (C=O) groups is 1. The van der Waals surface area contributed by atoms with Crippen molar-refractivity contribution in [2.75, 3.05) is 7.05 Å². The van der Waals surface area contributed by atoms with Gasteiger partial charge in [0, 0.05) is 37.7 Å². The Morgan fingerprint density at radius 2 is 2.00 bits per heavy atom. The lowest BCUT2D eigenvalue weighted by Gasteiger charge is -2.18. The summed E-state index contributed by atoms with van der Waals surface area (Å²) in [5.74, 6) is 1.08. The first kappa shape index (κ1) is 20.9. The van der Waals surface area contributed by atoms with Gasteiger partial charge in [0.25, 0.3) is 0 Å². The number of alkyl halides is 3. The highest BCUT2D eigenvalue weighted by atomic mass is 19.4. The molecule has 150 valence electrons. The second kappa shape index (κ2) is 8.10. The zero-order valence-corrected chi connectivity index (χ0v) is 15.9. The van der Waals surface area contributed by atoms with Gasteiger partial charge in [0.2, 0.25) is 11.8 Å². The van der Waals surface area contributed by atoms with Gasteiger partial charge >= 0.3 is 6.18 Å². The van der Waals surface area contributed by atoms with Crippen molar-refractivity contribution in [1.82, 2.24) is 24.6 Å². The third kappa shape index (κ3) is 6.37. The van der Waals surface area contributed by atoms with Gasteiger partial charge in [-0.1, -0.05) is 25.9 Å². The van der Waals surface area contributed by atoms with Crippen molar-refractivity contribution in [1.29, 1.82) is 0 Å². The van der Waals surface area contributed by atoms with E-state index in [1.807, 2.05) is 20.8 Å². The number of carbonyl (C=O) groups excluding carboxylic acids is 1. The Bertz CT molecular complexity index is 761. The Balaban J connectivity index is 1.83. The molecule has 0 aliphatic carbocycles. The van der Waals surface area contributed by atoms with Crippen molar-refractivity contribution in [3.05, 3.63) is 29.9 Å². The summed E-state index contributed by atoms with van der Waals surface area (Å²) < 4.78 is 43.8. The van der Waals surface area contributed by atoms with E-state index < -0.39 is 12.7 Å². The Morgan fingerprint density at radius 1 is 1.30 bits per heavy atom. The number of halogens is 3. The van der Waals surface area contributed by atoms with Crippen LogP contribution < -0.4 is 0 Å². The van der Waals surface area contributed by atoms with E-state index in [1.54, 1.807) is 7.05 Å². The van der Waals surface area contributed by atoms with Gasteiger partial charge in [-0.15, -0.1) is 0 Å². The van der Waals surface area contributed by atoms with Crippen LogP contribution in [-0.2, 0) is 29.7 Å². The predicted molar refractivity (Wildman–Crippen MR) is 90.7 cm³/mol. The number of aromatic nitrogens is 4. The Hall–Kier alpha value is -2.39. The highest BCUT2D eigenvalue weighted by Gasteiger charge is 2.29. The van der Waals surface area contributed by atoms with Gasteiger partial charge in [-0.25, -0.2) is 4.98 Å². The summed E-state index contributed by atoms with van der Waals surface area (Å²) in [5.41, 5.74) is -0.212. The Morgan fingerprint density at radius 3 is 2.59 bits per heavy atom. The van der Waals surface area contributed by atoms with Crippen molar-refractivity contribution >= 4 is 5.91 Å². The van der Waals surface area contributed by atoms with Crippen LogP contribution >= 0.6 is 0 Å². The third-order valence-electron chi connectivity index (χ3n) is 3.88. The maximum absolute atomic E-state index is 12.5. The molecule has 27 heavy (non-hydrogen) atoms. The molecule has 2 aromatic rings. The molecule has 0 saturated carbocycles. The summed E-state index contributed by atoms with van der Waals surface area (Å²) in [7, 11) is 1.54. The van der Waals surface area contributed by atoms with Gasteiger partial charge in [0.1, 0.15) is 12.4 Å². The molecule has 7 nitrogen and oxygen atoms in total. The van der Waals surface area contributed by atoms with E-state index in [9.17, 15) is 18.0 Å². The summed E-state index contributed by atoms with van der Waals surface area (Å²) in [6.07, 6.45) is -0.597. The molecule has 0 fully saturated rings. The van der Waals surface area contributed by atoms with E-state index in [1.165, 1.54) is 17.3 Å².